The van der Waals surface area contributed by atoms with E-state index in [1.807, 2.05) is 0 Å². The van der Waals surface area contributed by atoms with Gasteiger partial charge in [-0.2, -0.15) is 0 Å². The summed E-state index contributed by atoms with van der Waals surface area (Å²) in [6, 6.07) is 0. The van der Waals surface area contributed by atoms with Crippen LogP contribution in [0, 0.1) is 11.8 Å². The van der Waals surface area contributed by atoms with E-state index in [1.165, 1.54) is 0 Å². The van der Waals surface area contributed by atoms with Crippen molar-refractivity contribution in [3.8, 4) is 0 Å². The summed E-state index contributed by atoms with van der Waals surface area (Å²) in [5.74, 6) is -3.90. The third-order valence-corrected chi connectivity index (χ3v) is 1.56. The van der Waals surface area contributed by atoms with Gasteiger partial charge in [-0.05, 0) is 5.57 Å². The van der Waals surface area contributed by atoms with E-state index in [9.17, 15) is 9.59 Å². The molecule has 0 bridgehead atoms. The van der Waals surface area contributed by atoms with Crippen molar-refractivity contribution in [1.82, 2.24) is 0 Å². The monoisotopic (exact) mass is 142 g/mol. The van der Waals surface area contributed by atoms with Crippen LogP contribution in [0.4, 0.5) is 0 Å². The molecule has 0 unspecified atom stereocenters. The highest BCUT2D eigenvalue weighted by atomic mass is 16.4. The Labute approximate surface area is 56.8 Å². The zero-order valence-electron chi connectivity index (χ0n) is 5.07. The molecular weight excluding hydrogens is 136 g/mol. The summed E-state index contributed by atoms with van der Waals surface area (Å²) < 4.78 is 0. The van der Waals surface area contributed by atoms with E-state index in [1.54, 1.807) is 0 Å². The quantitative estimate of drug-likeness (QED) is 0.530. The minimum absolute atomic E-state index is 0.292. The van der Waals surface area contributed by atoms with Crippen LogP contribution in [-0.4, -0.2) is 22.2 Å². The topological polar surface area (TPSA) is 74.6 Å². The van der Waals surface area contributed by atoms with E-state index in [2.05, 4.69) is 6.58 Å². The molecule has 0 aliphatic heterocycles. The molecule has 0 aromatic rings. The zero-order valence-corrected chi connectivity index (χ0v) is 5.07. The van der Waals surface area contributed by atoms with E-state index < -0.39 is 23.8 Å². The highest BCUT2D eigenvalue weighted by molar-refractivity contribution is 5.92. The summed E-state index contributed by atoms with van der Waals surface area (Å²) in [5.41, 5.74) is 0.292. The Kier molecular flexibility index (Phi) is 1.24. The number of rotatable bonds is 2. The summed E-state index contributed by atoms with van der Waals surface area (Å²) in [4.78, 5) is 20.3. The van der Waals surface area contributed by atoms with E-state index >= 15 is 0 Å². The molecule has 0 heterocycles. The lowest BCUT2D eigenvalue weighted by molar-refractivity contribution is -0.144. The fraction of sp³-hybridized carbons (Fsp3) is 0.333. The SMILES string of the molecule is C=C1[C@@H](C(=O)O)[C@@H]1C(=O)O. The average molecular weight is 142 g/mol. The van der Waals surface area contributed by atoms with E-state index in [0.29, 0.717) is 5.57 Å². The molecule has 1 rings (SSSR count). The van der Waals surface area contributed by atoms with Gasteiger partial charge >= 0.3 is 11.9 Å². The molecule has 2 N–H and O–H groups in total. The molecule has 0 aromatic heterocycles. The molecule has 4 heteroatoms. The molecule has 0 saturated heterocycles. The van der Waals surface area contributed by atoms with Crippen molar-refractivity contribution in [2.24, 2.45) is 11.8 Å². The van der Waals surface area contributed by atoms with Crippen LogP contribution in [0.15, 0.2) is 12.2 Å². The number of aliphatic carboxylic acids is 2. The lowest BCUT2D eigenvalue weighted by Crippen LogP contribution is -2.05. The van der Waals surface area contributed by atoms with Gasteiger partial charge in [-0.1, -0.05) is 6.58 Å². The van der Waals surface area contributed by atoms with Gasteiger partial charge in [0.25, 0.3) is 0 Å². The van der Waals surface area contributed by atoms with Crippen LogP contribution < -0.4 is 0 Å². The molecule has 0 spiro atoms. The van der Waals surface area contributed by atoms with Gasteiger partial charge < -0.3 is 10.2 Å². The second kappa shape index (κ2) is 1.83. The van der Waals surface area contributed by atoms with Crippen molar-refractivity contribution in [3.63, 3.8) is 0 Å². The lowest BCUT2D eigenvalue weighted by Gasteiger charge is -1.83. The molecule has 54 valence electrons. The predicted molar refractivity (Wildman–Crippen MR) is 31.4 cm³/mol. The number of carboxylic acids is 2. The van der Waals surface area contributed by atoms with E-state index in [0.717, 1.165) is 0 Å². The molecule has 10 heavy (non-hydrogen) atoms. The van der Waals surface area contributed by atoms with Gasteiger partial charge in [-0.15, -0.1) is 0 Å². The van der Waals surface area contributed by atoms with Crippen molar-refractivity contribution in [3.05, 3.63) is 12.2 Å². The van der Waals surface area contributed by atoms with Crippen LogP contribution in [0.2, 0.25) is 0 Å². The first kappa shape index (κ1) is 6.80. The molecule has 4 nitrogen and oxygen atoms in total. The maximum absolute atomic E-state index is 10.2. The van der Waals surface area contributed by atoms with Crippen LogP contribution in [0.25, 0.3) is 0 Å². The summed E-state index contributed by atoms with van der Waals surface area (Å²) in [6.45, 7) is 3.31. The third kappa shape index (κ3) is 0.775. The normalized spacial score (nSPS) is 29.8. The first-order valence-electron chi connectivity index (χ1n) is 2.70. The van der Waals surface area contributed by atoms with Gasteiger partial charge in [0.1, 0.15) is 0 Å². The van der Waals surface area contributed by atoms with E-state index in [4.69, 9.17) is 10.2 Å². The van der Waals surface area contributed by atoms with Gasteiger partial charge in [-0.25, -0.2) is 0 Å². The minimum Gasteiger partial charge on any atom is -0.481 e. The summed E-state index contributed by atoms with van der Waals surface area (Å²) in [5, 5.41) is 16.6. The number of hydrogen-bond acceptors (Lipinski definition) is 2. The summed E-state index contributed by atoms with van der Waals surface area (Å²) in [6.07, 6.45) is 0. The molecule has 2 atom stereocenters. The fourth-order valence-electron chi connectivity index (χ4n) is 0.917. The molecule has 1 saturated carbocycles. The van der Waals surface area contributed by atoms with Crippen molar-refractivity contribution in [2.75, 3.05) is 0 Å². The van der Waals surface area contributed by atoms with E-state index in [-0.39, 0.29) is 0 Å². The maximum atomic E-state index is 10.2. The second-order valence-electron chi connectivity index (χ2n) is 2.21. The lowest BCUT2D eigenvalue weighted by atomic mass is 10.3. The summed E-state index contributed by atoms with van der Waals surface area (Å²) in [7, 11) is 0. The first-order valence-corrected chi connectivity index (χ1v) is 2.70. The summed E-state index contributed by atoms with van der Waals surface area (Å²) >= 11 is 0. The molecule has 1 fully saturated rings. The Morgan fingerprint density at radius 3 is 1.60 bits per heavy atom. The maximum Gasteiger partial charge on any atom is 0.311 e. The smallest absolute Gasteiger partial charge is 0.311 e. The number of carbonyl (C=O) groups is 2. The van der Waals surface area contributed by atoms with Gasteiger partial charge in [0.15, 0.2) is 0 Å². The van der Waals surface area contributed by atoms with Crippen molar-refractivity contribution in [2.45, 2.75) is 0 Å². The highest BCUT2D eigenvalue weighted by Crippen LogP contribution is 2.44. The van der Waals surface area contributed by atoms with Gasteiger partial charge in [-0.3, -0.25) is 9.59 Å². The van der Waals surface area contributed by atoms with Crippen LogP contribution in [0.3, 0.4) is 0 Å². The molecular formula is C6H6O4. The Hall–Kier alpha value is -1.32. The van der Waals surface area contributed by atoms with Crippen LogP contribution in [0.1, 0.15) is 0 Å². The van der Waals surface area contributed by atoms with Crippen LogP contribution in [-0.2, 0) is 9.59 Å². The molecule has 1 aliphatic rings. The van der Waals surface area contributed by atoms with Crippen LogP contribution in [0.5, 0.6) is 0 Å². The molecule has 0 amide bonds. The molecule has 0 aromatic carbocycles. The number of carboxylic acid groups (broad SMARTS) is 2. The Morgan fingerprint density at radius 2 is 1.50 bits per heavy atom. The largest absolute Gasteiger partial charge is 0.481 e. The Balaban J connectivity index is 2.66. The number of hydrogen-bond donors (Lipinski definition) is 2. The second-order valence-corrected chi connectivity index (χ2v) is 2.21. The highest BCUT2D eigenvalue weighted by Gasteiger charge is 2.53. The fourth-order valence-corrected chi connectivity index (χ4v) is 0.917. The third-order valence-electron chi connectivity index (χ3n) is 1.56. The molecule has 1 aliphatic carbocycles. The molecule has 0 radical (unpaired) electrons. The van der Waals surface area contributed by atoms with Crippen molar-refractivity contribution >= 4 is 11.9 Å². The standard InChI is InChI=1S/C6H6O4/c1-2-3(5(7)8)4(2)6(9)10/h3-4H,1H2,(H,7,8)(H,9,10)/t3-,4-/m1/s1. The predicted octanol–water partition coefficient (Wildman–Crippen LogP) is -0.0422. The van der Waals surface area contributed by atoms with Gasteiger partial charge in [0.2, 0.25) is 0 Å². The zero-order chi connectivity index (χ0) is 7.89. The first-order chi connectivity index (χ1) is 4.55. The van der Waals surface area contributed by atoms with Gasteiger partial charge in [0, 0.05) is 0 Å². The van der Waals surface area contributed by atoms with Gasteiger partial charge in [0.05, 0.1) is 11.8 Å². The Morgan fingerprint density at radius 1 is 1.20 bits per heavy atom. The Bertz CT molecular complexity index is 196. The average Bonchev–Trinajstić information content (AvgIpc) is 2.40. The van der Waals surface area contributed by atoms with Crippen LogP contribution >= 0.6 is 0 Å². The minimum atomic E-state index is -1.10. The van der Waals surface area contributed by atoms with Crippen molar-refractivity contribution < 1.29 is 19.8 Å². The van der Waals surface area contributed by atoms with Crippen molar-refractivity contribution in [1.29, 1.82) is 0 Å².